The minimum Gasteiger partial charge on any atom is -0.342 e. The molecule has 1 heterocycles. The first-order chi connectivity index (χ1) is 7.15. The lowest BCUT2D eigenvalue weighted by Gasteiger charge is -2.11. The van der Waals surface area contributed by atoms with Crippen molar-refractivity contribution in [1.29, 1.82) is 0 Å². The predicted molar refractivity (Wildman–Crippen MR) is 67.9 cm³/mol. The standard InChI is InChI=1S/C12H15BrN2/c1-3-15-11(8(2)14)7-9-5-4-6-10(13)12(9)15/h4-8H,3,14H2,1-2H3. The van der Waals surface area contributed by atoms with Crippen molar-refractivity contribution < 1.29 is 0 Å². The highest BCUT2D eigenvalue weighted by molar-refractivity contribution is 9.10. The van der Waals surface area contributed by atoms with Crippen molar-refractivity contribution in [3.05, 3.63) is 34.4 Å². The molecule has 2 nitrogen and oxygen atoms in total. The molecule has 2 N–H and O–H groups in total. The Balaban J connectivity index is 2.80. The Kier molecular flexibility index (Phi) is 2.85. The summed E-state index contributed by atoms with van der Waals surface area (Å²) < 4.78 is 3.40. The minimum atomic E-state index is 0.0734. The Hall–Kier alpha value is -0.800. The van der Waals surface area contributed by atoms with E-state index in [1.807, 2.05) is 6.92 Å². The van der Waals surface area contributed by atoms with Crippen molar-refractivity contribution >= 4 is 26.8 Å². The summed E-state index contributed by atoms with van der Waals surface area (Å²) in [6.07, 6.45) is 0. The Morgan fingerprint density at radius 2 is 2.20 bits per heavy atom. The fraction of sp³-hybridized carbons (Fsp3) is 0.333. The first kappa shape index (κ1) is 10.7. The number of aromatic nitrogens is 1. The van der Waals surface area contributed by atoms with Crippen molar-refractivity contribution in [2.75, 3.05) is 0 Å². The Bertz CT molecular complexity index is 486. The molecule has 0 saturated heterocycles. The van der Waals surface area contributed by atoms with Gasteiger partial charge in [-0.1, -0.05) is 12.1 Å². The third-order valence-corrected chi connectivity index (χ3v) is 3.33. The van der Waals surface area contributed by atoms with Gasteiger partial charge in [-0.05, 0) is 41.9 Å². The van der Waals surface area contributed by atoms with Gasteiger partial charge in [0.2, 0.25) is 0 Å². The number of fused-ring (bicyclic) bond motifs is 1. The molecule has 15 heavy (non-hydrogen) atoms. The van der Waals surface area contributed by atoms with Crippen LogP contribution in [0, 0.1) is 0 Å². The van der Waals surface area contributed by atoms with Gasteiger partial charge in [0.25, 0.3) is 0 Å². The van der Waals surface area contributed by atoms with Crippen LogP contribution >= 0.6 is 15.9 Å². The molecule has 3 heteroatoms. The van der Waals surface area contributed by atoms with Crippen LogP contribution in [0.25, 0.3) is 10.9 Å². The average molecular weight is 267 g/mol. The SMILES string of the molecule is CCn1c(C(C)N)cc2cccc(Br)c21. The maximum Gasteiger partial charge on any atom is 0.0627 e. The Labute approximate surface area is 98.2 Å². The Morgan fingerprint density at radius 3 is 2.80 bits per heavy atom. The monoisotopic (exact) mass is 266 g/mol. The van der Waals surface area contributed by atoms with E-state index in [9.17, 15) is 0 Å². The van der Waals surface area contributed by atoms with Crippen LogP contribution in [0.2, 0.25) is 0 Å². The molecule has 2 aromatic rings. The molecule has 1 atom stereocenters. The number of nitrogens with zero attached hydrogens (tertiary/aromatic N) is 1. The lowest BCUT2D eigenvalue weighted by molar-refractivity contribution is 0.673. The van der Waals surface area contributed by atoms with E-state index < -0.39 is 0 Å². The highest BCUT2D eigenvalue weighted by Gasteiger charge is 2.12. The number of para-hydroxylation sites is 1. The van der Waals surface area contributed by atoms with Crippen molar-refractivity contribution in [2.45, 2.75) is 26.4 Å². The van der Waals surface area contributed by atoms with Crippen LogP contribution < -0.4 is 5.73 Å². The molecule has 0 fully saturated rings. The van der Waals surface area contributed by atoms with Gasteiger partial charge in [-0.15, -0.1) is 0 Å². The fourth-order valence-electron chi connectivity index (χ4n) is 2.02. The van der Waals surface area contributed by atoms with E-state index >= 15 is 0 Å². The zero-order valence-corrected chi connectivity index (χ0v) is 10.6. The summed E-state index contributed by atoms with van der Waals surface area (Å²) in [4.78, 5) is 0. The molecule has 0 amide bonds. The van der Waals surface area contributed by atoms with E-state index in [-0.39, 0.29) is 6.04 Å². The second-order valence-electron chi connectivity index (χ2n) is 3.78. The summed E-state index contributed by atoms with van der Waals surface area (Å²) in [5.41, 5.74) is 8.40. The summed E-state index contributed by atoms with van der Waals surface area (Å²) in [7, 11) is 0. The summed E-state index contributed by atoms with van der Waals surface area (Å²) >= 11 is 3.59. The number of rotatable bonds is 2. The van der Waals surface area contributed by atoms with Crippen LogP contribution in [0.4, 0.5) is 0 Å². The van der Waals surface area contributed by atoms with Crippen molar-refractivity contribution in [1.82, 2.24) is 4.57 Å². The molecule has 1 aromatic heterocycles. The van der Waals surface area contributed by atoms with E-state index in [0.29, 0.717) is 0 Å². The first-order valence-electron chi connectivity index (χ1n) is 5.18. The summed E-state index contributed by atoms with van der Waals surface area (Å²) in [5, 5.41) is 1.25. The summed E-state index contributed by atoms with van der Waals surface area (Å²) in [6.45, 7) is 5.11. The second kappa shape index (κ2) is 3.99. The number of hydrogen-bond donors (Lipinski definition) is 1. The maximum atomic E-state index is 5.97. The highest BCUT2D eigenvalue weighted by atomic mass is 79.9. The average Bonchev–Trinajstić information content (AvgIpc) is 2.57. The summed E-state index contributed by atoms with van der Waals surface area (Å²) in [5.74, 6) is 0. The van der Waals surface area contributed by atoms with Crippen LogP contribution in [-0.2, 0) is 6.54 Å². The van der Waals surface area contributed by atoms with Crippen LogP contribution in [0.15, 0.2) is 28.7 Å². The lowest BCUT2D eigenvalue weighted by Crippen LogP contribution is -2.11. The molecular weight excluding hydrogens is 252 g/mol. The zero-order valence-electron chi connectivity index (χ0n) is 9.00. The normalized spacial score (nSPS) is 13.3. The molecule has 80 valence electrons. The van der Waals surface area contributed by atoms with Gasteiger partial charge in [0.15, 0.2) is 0 Å². The molecule has 0 aliphatic heterocycles. The quantitative estimate of drug-likeness (QED) is 0.887. The van der Waals surface area contributed by atoms with Crippen molar-refractivity contribution in [2.24, 2.45) is 5.73 Å². The third kappa shape index (κ3) is 1.70. The molecular formula is C12H15BrN2. The van der Waals surface area contributed by atoms with Gasteiger partial charge in [0, 0.05) is 28.1 Å². The van der Waals surface area contributed by atoms with E-state index in [4.69, 9.17) is 5.73 Å². The number of nitrogens with two attached hydrogens (primary N) is 1. The lowest BCUT2D eigenvalue weighted by atomic mass is 10.2. The number of hydrogen-bond acceptors (Lipinski definition) is 1. The predicted octanol–water partition coefficient (Wildman–Crippen LogP) is 3.44. The van der Waals surface area contributed by atoms with Crippen molar-refractivity contribution in [3.8, 4) is 0 Å². The van der Waals surface area contributed by atoms with Gasteiger partial charge in [-0.25, -0.2) is 0 Å². The van der Waals surface area contributed by atoms with E-state index in [1.54, 1.807) is 0 Å². The van der Waals surface area contributed by atoms with Crippen LogP contribution in [0.3, 0.4) is 0 Å². The summed E-state index contributed by atoms with van der Waals surface area (Å²) in [6, 6.07) is 8.49. The molecule has 0 aliphatic carbocycles. The van der Waals surface area contributed by atoms with Crippen LogP contribution in [0.1, 0.15) is 25.6 Å². The van der Waals surface area contributed by atoms with Crippen LogP contribution in [-0.4, -0.2) is 4.57 Å². The van der Waals surface area contributed by atoms with Gasteiger partial charge in [-0.2, -0.15) is 0 Å². The largest absolute Gasteiger partial charge is 0.342 e. The Morgan fingerprint density at radius 1 is 1.47 bits per heavy atom. The number of halogens is 1. The second-order valence-corrected chi connectivity index (χ2v) is 4.63. The van der Waals surface area contributed by atoms with Crippen LogP contribution in [0.5, 0.6) is 0 Å². The fourth-order valence-corrected chi connectivity index (χ4v) is 2.61. The molecule has 0 aliphatic rings. The van der Waals surface area contributed by atoms with Gasteiger partial charge in [0.1, 0.15) is 0 Å². The maximum absolute atomic E-state index is 5.97. The first-order valence-corrected chi connectivity index (χ1v) is 5.97. The minimum absolute atomic E-state index is 0.0734. The highest BCUT2D eigenvalue weighted by Crippen LogP contribution is 2.29. The number of aryl methyl sites for hydroxylation is 1. The molecule has 1 unspecified atom stereocenters. The topological polar surface area (TPSA) is 30.9 Å². The van der Waals surface area contributed by atoms with Gasteiger partial charge < -0.3 is 10.3 Å². The number of benzene rings is 1. The van der Waals surface area contributed by atoms with Gasteiger partial charge in [-0.3, -0.25) is 0 Å². The smallest absolute Gasteiger partial charge is 0.0627 e. The third-order valence-electron chi connectivity index (χ3n) is 2.69. The molecule has 0 saturated carbocycles. The molecule has 0 bridgehead atoms. The van der Waals surface area contributed by atoms with E-state index in [1.165, 1.54) is 16.6 Å². The molecule has 1 aromatic carbocycles. The van der Waals surface area contributed by atoms with Crippen molar-refractivity contribution in [3.63, 3.8) is 0 Å². The van der Waals surface area contributed by atoms with Gasteiger partial charge in [0.05, 0.1) is 5.52 Å². The molecule has 2 rings (SSSR count). The zero-order chi connectivity index (χ0) is 11.0. The van der Waals surface area contributed by atoms with Gasteiger partial charge >= 0.3 is 0 Å². The van der Waals surface area contributed by atoms with E-state index in [2.05, 4.69) is 51.7 Å². The van der Waals surface area contributed by atoms with E-state index in [0.717, 1.165) is 11.0 Å². The molecule has 0 radical (unpaired) electrons. The molecule has 0 spiro atoms.